The molecule has 1 N–H and O–H groups in total. The number of anilines is 1. The number of benzene rings is 2. The van der Waals surface area contributed by atoms with Gasteiger partial charge in [0.1, 0.15) is 0 Å². The van der Waals surface area contributed by atoms with Gasteiger partial charge in [-0.15, -0.1) is 0 Å². The quantitative estimate of drug-likeness (QED) is 0.357. The minimum absolute atomic E-state index is 0.0512. The third-order valence-electron chi connectivity index (χ3n) is 4.56. The van der Waals surface area contributed by atoms with Gasteiger partial charge in [-0.25, -0.2) is 4.79 Å². The van der Waals surface area contributed by atoms with Crippen molar-refractivity contribution in [3.63, 3.8) is 0 Å². The number of carbonyl (C=O) groups excluding carboxylic acids is 2. The number of fused-ring (bicyclic) bond motifs is 1. The lowest BCUT2D eigenvalue weighted by molar-refractivity contribution is -0.384. The van der Waals surface area contributed by atoms with Gasteiger partial charge in [-0.05, 0) is 43.2 Å². The highest BCUT2D eigenvalue weighted by atomic mass is 16.6. The van der Waals surface area contributed by atoms with Crippen LogP contribution in [0, 0.1) is 24.0 Å². The summed E-state index contributed by atoms with van der Waals surface area (Å²) in [4.78, 5) is 46.1. The summed E-state index contributed by atoms with van der Waals surface area (Å²) < 4.78 is 11.1. The van der Waals surface area contributed by atoms with Gasteiger partial charge in [-0.3, -0.25) is 24.3 Å². The van der Waals surface area contributed by atoms with Crippen LogP contribution in [-0.2, 0) is 20.9 Å². The van der Waals surface area contributed by atoms with E-state index in [0.29, 0.717) is 11.2 Å². The zero-order chi connectivity index (χ0) is 21.8. The maximum Gasteiger partial charge on any atom is 0.419 e. The van der Waals surface area contributed by atoms with E-state index in [1.165, 1.54) is 16.7 Å². The Balaban J connectivity index is 1.55. The van der Waals surface area contributed by atoms with Gasteiger partial charge in [0, 0.05) is 18.3 Å². The first kappa shape index (κ1) is 20.8. The summed E-state index contributed by atoms with van der Waals surface area (Å²) in [6.07, 6.45) is -0.178. The van der Waals surface area contributed by atoms with Gasteiger partial charge >= 0.3 is 11.7 Å². The second-order valence-corrected chi connectivity index (χ2v) is 6.69. The minimum Gasteiger partial charge on any atom is -0.456 e. The van der Waals surface area contributed by atoms with Gasteiger partial charge in [0.05, 0.1) is 22.9 Å². The monoisotopic (exact) mass is 413 g/mol. The topological polar surface area (TPSA) is 134 Å². The van der Waals surface area contributed by atoms with Gasteiger partial charge in [-0.1, -0.05) is 6.07 Å². The number of hydrogen-bond donors (Lipinski definition) is 1. The van der Waals surface area contributed by atoms with Gasteiger partial charge in [0.15, 0.2) is 12.2 Å². The van der Waals surface area contributed by atoms with Crippen molar-refractivity contribution in [2.24, 2.45) is 0 Å². The van der Waals surface area contributed by atoms with Crippen LogP contribution in [0.1, 0.15) is 17.5 Å². The van der Waals surface area contributed by atoms with Crippen LogP contribution in [0.2, 0.25) is 0 Å². The summed E-state index contributed by atoms with van der Waals surface area (Å²) in [5, 5.41) is 13.5. The zero-order valence-electron chi connectivity index (χ0n) is 16.3. The van der Waals surface area contributed by atoms with E-state index in [2.05, 4.69) is 5.32 Å². The van der Waals surface area contributed by atoms with E-state index >= 15 is 0 Å². The van der Waals surface area contributed by atoms with Gasteiger partial charge in [-0.2, -0.15) is 0 Å². The Morgan fingerprint density at radius 1 is 1.17 bits per heavy atom. The average Bonchev–Trinajstić information content (AvgIpc) is 3.01. The molecule has 0 atom stereocenters. The molecule has 1 aromatic heterocycles. The molecular weight excluding hydrogens is 394 g/mol. The van der Waals surface area contributed by atoms with Crippen molar-refractivity contribution >= 4 is 34.4 Å². The van der Waals surface area contributed by atoms with E-state index in [9.17, 15) is 24.5 Å². The molecule has 0 aliphatic carbocycles. The molecule has 0 saturated carbocycles. The Hall–Kier alpha value is -3.95. The fraction of sp³-hybridized carbons (Fsp3) is 0.250. The fourth-order valence-corrected chi connectivity index (χ4v) is 2.82. The highest BCUT2D eigenvalue weighted by Crippen LogP contribution is 2.20. The number of nitrogens with one attached hydrogen (secondary N) is 1. The fourth-order valence-electron chi connectivity index (χ4n) is 2.82. The molecule has 30 heavy (non-hydrogen) atoms. The average molecular weight is 413 g/mol. The minimum atomic E-state index is -0.745. The molecule has 1 amide bonds. The third kappa shape index (κ3) is 4.72. The lowest BCUT2D eigenvalue weighted by Crippen LogP contribution is -2.22. The van der Waals surface area contributed by atoms with Crippen molar-refractivity contribution in [3.8, 4) is 0 Å². The van der Waals surface area contributed by atoms with Crippen LogP contribution in [0.15, 0.2) is 45.6 Å². The molecule has 0 aliphatic heterocycles. The molecule has 10 nitrogen and oxygen atoms in total. The van der Waals surface area contributed by atoms with Crippen molar-refractivity contribution < 1.29 is 23.7 Å². The number of esters is 1. The summed E-state index contributed by atoms with van der Waals surface area (Å²) in [5.74, 6) is -1.90. The molecule has 10 heteroatoms. The normalized spacial score (nSPS) is 10.7. The highest BCUT2D eigenvalue weighted by molar-refractivity contribution is 5.92. The second-order valence-electron chi connectivity index (χ2n) is 6.69. The number of nitro benzene ring substituents is 1. The molecule has 3 aromatic rings. The van der Waals surface area contributed by atoms with E-state index in [1.54, 1.807) is 6.07 Å². The van der Waals surface area contributed by atoms with Crippen LogP contribution in [0.3, 0.4) is 0 Å². The number of rotatable bonds is 7. The number of aryl methyl sites for hydroxylation is 3. The van der Waals surface area contributed by atoms with Crippen molar-refractivity contribution in [3.05, 3.63) is 68.2 Å². The molecule has 0 aliphatic rings. The Labute approximate surface area is 170 Å². The zero-order valence-corrected chi connectivity index (χ0v) is 16.3. The van der Waals surface area contributed by atoms with E-state index in [4.69, 9.17) is 9.15 Å². The van der Waals surface area contributed by atoms with E-state index in [-0.39, 0.29) is 24.2 Å². The largest absolute Gasteiger partial charge is 0.456 e. The Kier molecular flexibility index (Phi) is 5.95. The number of amides is 1. The smallest absolute Gasteiger partial charge is 0.419 e. The molecular formula is C20H19N3O7. The number of hydrogen-bond acceptors (Lipinski definition) is 7. The first-order valence-corrected chi connectivity index (χ1v) is 9.05. The molecule has 156 valence electrons. The number of nitro groups is 1. The summed E-state index contributed by atoms with van der Waals surface area (Å²) >= 11 is 0. The second kappa shape index (κ2) is 8.60. The van der Waals surface area contributed by atoms with E-state index in [0.717, 1.165) is 17.2 Å². The van der Waals surface area contributed by atoms with Crippen LogP contribution in [-0.4, -0.2) is 28.0 Å². The van der Waals surface area contributed by atoms with Crippen LogP contribution in [0.4, 0.5) is 11.4 Å². The predicted octanol–water partition coefficient (Wildman–Crippen LogP) is 2.69. The van der Waals surface area contributed by atoms with E-state index < -0.39 is 29.2 Å². The number of ether oxygens (including phenoxy) is 1. The number of aromatic nitrogens is 1. The Bertz CT molecular complexity index is 1190. The Morgan fingerprint density at radius 3 is 2.63 bits per heavy atom. The van der Waals surface area contributed by atoms with Crippen molar-refractivity contribution in [2.45, 2.75) is 26.8 Å². The van der Waals surface area contributed by atoms with Crippen molar-refractivity contribution in [1.82, 2.24) is 4.57 Å². The first-order valence-electron chi connectivity index (χ1n) is 9.05. The Morgan fingerprint density at radius 2 is 1.93 bits per heavy atom. The molecule has 0 spiro atoms. The maximum absolute atomic E-state index is 12.0. The van der Waals surface area contributed by atoms with Crippen LogP contribution < -0.4 is 11.1 Å². The van der Waals surface area contributed by atoms with Crippen molar-refractivity contribution in [2.75, 3.05) is 11.9 Å². The molecule has 0 bridgehead atoms. The number of nitrogens with zero attached hydrogens (tertiary/aromatic N) is 2. The van der Waals surface area contributed by atoms with Gasteiger partial charge in [0.25, 0.3) is 11.6 Å². The molecule has 0 saturated heterocycles. The van der Waals surface area contributed by atoms with Gasteiger partial charge < -0.3 is 14.5 Å². The molecule has 0 fully saturated rings. The lowest BCUT2D eigenvalue weighted by atomic mass is 10.1. The summed E-state index contributed by atoms with van der Waals surface area (Å²) in [6, 6.07) is 9.20. The van der Waals surface area contributed by atoms with Crippen LogP contribution in [0.25, 0.3) is 11.1 Å². The summed E-state index contributed by atoms with van der Waals surface area (Å²) in [7, 11) is 0. The molecule has 0 radical (unpaired) electrons. The third-order valence-corrected chi connectivity index (χ3v) is 4.56. The lowest BCUT2D eigenvalue weighted by Gasteiger charge is -2.08. The number of oxazole rings is 1. The predicted molar refractivity (Wildman–Crippen MR) is 107 cm³/mol. The summed E-state index contributed by atoms with van der Waals surface area (Å²) in [6.45, 7) is 3.36. The van der Waals surface area contributed by atoms with E-state index in [1.807, 2.05) is 26.0 Å². The standard InChI is InChI=1S/C20H19N3O7/c1-12-3-4-14(9-13(12)2)21-18(24)11-29-19(25)7-8-22-16-6-5-15(23(27)28)10-17(16)30-20(22)26/h3-6,9-10H,7-8,11H2,1-2H3,(H,21,24). The number of carbonyl (C=O) groups is 2. The highest BCUT2D eigenvalue weighted by Gasteiger charge is 2.16. The van der Waals surface area contributed by atoms with Crippen molar-refractivity contribution in [1.29, 1.82) is 0 Å². The molecule has 3 rings (SSSR count). The number of non-ortho nitro benzene ring substituents is 1. The molecule has 2 aromatic carbocycles. The first-order chi connectivity index (χ1) is 14.2. The SMILES string of the molecule is Cc1ccc(NC(=O)COC(=O)CCn2c(=O)oc3cc([N+](=O)[O-])ccc32)cc1C. The molecule has 1 heterocycles. The van der Waals surface area contributed by atoms with Gasteiger partial charge in [0.2, 0.25) is 0 Å². The van der Waals surface area contributed by atoms with Crippen LogP contribution >= 0.6 is 0 Å². The summed E-state index contributed by atoms with van der Waals surface area (Å²) in [5.41, 5.74) is 2.88. The molecule has 0 unspecified atom stereocenters. The van der Waals surface area contributed by atoms with Crippen LogP contribution in [0.5, 0.6) is 0 Å². The maximum atomic E-state index is 12.0.